The molecule has 210 valence electrons. The van der Waals surface area contributed by atoms with Gasteiger partial charge in [0, 0.05) is 17.8 Å². The fraction of sp³-hybridized carbons (Fsp3) is 0.188. The zero-order valence-corrected chi connectivity index (χ0v) is 21.8. The second-order valence-corrected chi connectivity index (χ2v) is 9.92. The van der Waals surface area contributed by atoms with Crippen molar-refractivity contribution >= 4 is 17.5 Å². The number of carbonyl (C=O) groups excluding carboxylic acids is 2. The molecule has 1 fully saturated rings. The van der Waals surface area contributed by atoms with E-state index < -0.39 is 47.3 Å². The standard InChI is InChI=1S/C32H26F4N2O3/c33-22-6-10-24(11-7-22)41-25-12-8-23(9-13-25)37-32(40)29-17-21(16-20-4-2-1-3-5-20)19-38(29)30(39)18-26-27(34)14-15-28(35)31(26)36/h1-15,21,29H,16-19H2,(H,37,40)/t21?,29-/m0/s1. The maximum atomic E-state index is 14.3. The molecule has 4 aromatic rings. The van der Waals surface area contributed by atoms with Crippen molar-refractivity contribution in [3.8, 4) is 11.5 Å². The molecule has 1 aliphatic heterocycles. The van der Waals surface area contributed by atoms with E-state index in [1.807, 2.05) is 30.3 Å². The topological polar surface area (TPSA) is 58.6 Å². The smallest absolute Gasteiger partial charge is 0.247 e. The van der Waals surface area contributed by atoms with Crippen molar-refractivity contribution in [1.82, 2.24) is 4.90 Å². The van der Waals surface area contributed by atoms with Crippen LogP contribution in [-0.4, -0.2) is 29.3 Å². The number of hydrogen-bond donors (Lipinski definition) is 1. The predicted molar refractivity (Wildman–Crippen MR) is 145 cm³/mol. The van der Waals surface area contributed by atoms with Gasteiger partial charge in [-0.3, -0.25) is 9.59 Å². The van der Waals surface area contributed by atoms with Gasteiger partial charge in [-0.15, -0.1) is 0 Å². The van der Waals surface area contributed by atoms with E-state index in [2.05, 4.69) is 5.32 Å². The van der Waals surface area contributed by atoms with Gasteiger partial charge in [-0.2, -0.15) is 0 Å². The van der Waals surface area contributed by atoms with E-state index in [4.69, 9.17) is 4.74 Å². The van der Waals surface area contributed by atoms with Crippen LogP contribution in [0, 0.1) is 29.2 Å². The number of anilines is 1. The molecular formula is C32H26F4N2O3. The molecule has 1 N–H and O–H groups in total. The Morgan fingerprint density at radius 1 is 0.805 bits per heavy atom. The van der Waals surface area contributed by atoms with Crippen molar-refractivity contribution < 1.29 is 31.9 Å². The van der Waals surface area contributed by atoms with E-state index in [0.29, 0.717) is 36.1 Å². The molecule has 4 aromatic carbocycles. The highest BCUT2D eigenvalue weighted by Gasteiger charge is 2.40. The van der Waals surface area contributed by atoms with Crippen LogP contribution < -0.4 is 10.1 Å². The number of ether oxygens (including phenoxy) is 1. The highest BCUT2D eigenvalue weighted by Crippen LogP contribution is 2.30. The number of halogens is 4. The van der Waals surface area contributed by atoms with Crippen LogP contribution in [0.1, 0.15) is 17.5 Å². The van der Waals surface area contributed by atoms with E-state index in [1.54, 1.807) is 24.3 Å². The number of nitrogens with one attached hydrogen (secondary N) is 1. The van der Waals surface area contributed by atoms with Gasteiger partial charge < -0.3 is 15.0 Å². The van der Waals surface area contributed by atoms with Crippen LogP contribution in [-0.2, 0) is 22.4 Å². The summed E-state index contributed by atoms with van der Waals surface area (Å²) in [5, 5.41) is 2.80. The SMILES string of the molecule is O=C(Nc1ccc(Oc2ccc(F)cc2)cc1)[C@@H]1CC(Cc2ccccc2)CN1C(=O)Cc1c(F)ccc(F)c1F. The molecule has 0 aliphatic carbocycles. The molecule has 1 aliphatic rings. The van der Waals surface area contributed by atoms with Crippen LogP contribution in [0.5, 0.6) is 11.5 Å². The maximum absolute atomic E-state index is 14.3. The number of rotatable bonds is 8. The van der Waals surface area contributed by atoms with E-state index in [0.717, 1.165) is 11.6 Å². The van der Waals surface area contributed by atoms with E-state index in [9.17, 15) is 27.2 Å². The third kappa shape index (κ3) is 6.74. The van der Waals surface area contributed by atoms with Crippen LogP contribution in [0.2, 0.25) is 0 Å². The van der Waals surface area contributed by atoms with Gasteiger partial charge in [0.2, 0.25) is 11.8 Å². The summed E-state index contributed by atoms with van der Waals surface area (Å²) in [4.78, 5) is 28.0. The normalized spacial score (nSPS) is 16.4. The van der Waals surface area contributed by atoms with Crippen molar-refractivity contribution in [2.75, 3.05) is 11.9 Å². The lowest BCUT2D eigenvalue weighted by Crippen LogP contribution is -2.44. The van der Waals surface area contributed by atoms with E-state index in [-0.39, 0.29) is 18.3 Å². The van der Waals surface area contributed by atoms with Crippen molar-refractivity contribution in [3.05, 3.63) is 125 Å². The minimum atomic E-state index is -1.41. The highest BCUT2D eigenvalue weighted by atomic mass is 19.2. The van der Waals surface area contributed by atoms with E-state index in [1.165, 1.54) is 29.2 Å². The average Bonchev–Trinajstić information content (AvgIpc) is 3.40. The Bertz CT molecular complexity index is 1530. The van der Waals surface area contributed by atoms with Crippen LogP contribution >= 0.6 is 0 Å². The Labute approximate surface area is 234 Å². The van der Waals surface area contributed by atoms with Gasteiger partial charge in [0.15, 0.2) is 11.6 Å². The minimum Gasteiger partial charge on any atom is -0.457 e. The fourth-order valence-corrected chi connectivity index (χ4v) is 5.00. The zero-order valence-electron chi connectivity index (χ0n) is 21.8. The summed E-state index contributed by atoms with van der Waals surface area (Å²) >= 11 is 0. The van der Waals surface area contributed by atoms with Gasteiger partial charge in [0.25, 0.3) is 0 Å². The molecule has 1 saturated heterocycles. The maximum Gasteiger partial charge on any atom is 0.247 e. The van der Waals surface area contributed by atoms with Crippen molar-refractivity contribution in [3.63, 3.8) is 0 Å². The second-order valence-electron chi connectivity index (χ2n) is 9.92. The zero-order chi connectivity index (χ0) is 28.9. The fourth-order valence-electron chi connectivity index (χ4n) is 5.00. The number of nitrogens with zero attached hydrogens (tertiary/aromatic N) is 1. The Hall–Kier alpha value is -4.66. The molecule has 5 rings (SSSR count). The molecule has 41 heavy (non-hydrogen) atoms. The summed E-state index contributed by atoms with van der Waals surface area (Å²) in [6.07, 6.45) is 0.228. The van der Waals surface area contributed by atoms with Crippen LogP contribution in [0.3, 0.4) is 0 Å². The largest absolute Gasteiger partial charge is 0.457 e. The third-order valence-electron chi connectivity index (χ3n) is 7.02. The molecule has 9 heteroatoms. The Morgan fingerprint density at radius 3 is 2.12 bits per heavy atom. The number of benzene rings is 4. The van der Waals surface area contributed by atoms with Gasteiger partial charge in [0.05, 0.1) is 6.42 Å². The lowest BCUT2D eigenvalue weighted by Gasteiger charge is -2.24. The molecule has 2 amide bonds. The molecule has 1 heterocycles. The lowest BCUT2D eigenvalue weighted by molar-refractivity contribution is -0.136. The summed E-state index contributed by atoms with van der Waals surface area (Å²) in [5.41, 5.74) is 0.810. The number of carbonyl (C=O) groups is 2. The van der Waals surface area contributed by atoms with Gasteiger partial charge in [-0.25, -0.2) is 17.6 Å². The summed E-state index contributed by atoms with van der Waals surface area (Å²) in [6, 6.07) is 22.2. The highest BCUT2D eigenvalue weighted by molar-refractivity contribution is 5.97. The first-order chi connectivity index (χ1) is 19.8. The van der Waals surface area contributed by atoms with Crippen LogP contribution in [0.25, 0.3) is 0 Å². The quantitative estimate of drug-likeness (QED) is 0.193. The molecule has 0 saturated carbocycles. The molecule has 5 nitrogen and oxygen atoms in total. The summed E-state index contributed by atoms with van der Waals surface area (Å²) in [6.45, 7) is 0.203. The molecule has 0 radical (unpaired) electrons. The van der Waals surface area contributed by atoms with Crippen molar-refractivity contribution in [2.24, 2.45) is 5.92 Å². The van der Waals surface area contributed by atoms with Gasteiger partial charge in [-0.05, 0) is 85.0 Å². The monoisotopic (exact) mass is 562 g/mol. The van der Waals surface area contributed by atoms with Gasteiger partial charge in [-0.1, -0.05) is 30.3 Å². The third-order valence-corrected chi connectivity index (χ3v) is 7.02. The number of likely N-dealkylation sites (tertiary alicyclic amines) is 1. The average molecular weight is 563 g/mol. The minimum absolute atomic E-state index is 0.0780. The summed E-state index contributed by atoms with van der Waals surface area (Å²) in [7, 11) is 0. The molecule has 2 atom stereocenters. The lowest BCUT2D eigenvalue weighted by atomic mass is 9.96. The van der Waals surface area contributed by atoms with Crippen LogP contribution in [0.15, 0.2) is 91.0 Å². The Balaban J connectivity index is 1.31. The summed E-state index contributed by atoms with van der Waals surface area (Å²) in [5.74, 6) is -4.37. The first-order valence-electron chi connectivity index (χ1n) is 13.1. The first-order valence-corrected chi connectivity index (χ1v) is 13.1. The van der Waals surface area contributed by atoms with E-state index >= 15 is 0 Å². The number of hydrogen-bond acceptors (Lipinski definition) is 3. The van der Waals surface area contributed by atoms with Crippen molar-refractivity contribution in [1.29, 1.82) is 0 Å². The Morgan fingerprint density at radius 2 is 1.44 bits per heavy atom. The Kier molecular flexibility index (Phi) is 8.33. The second kappa shape index (κ2) is 12.2. The van der Waals surface area contributed by atoms with Gasteiger partial charge in [0.1, 0.15) is 29.2 Å². The molecule has 0 aromatic heterocycles. The van der Waals surface area contributed by atoms with Gasteiger partial charge >= 0.3 is 0 Å². The number of amides is 2. The molecule has 0 spiro atoms. The molecule has 1 unspecified atom stereocenters. The predicted octanol–water partition coefficient (Wildman–Crippen LogP) is 6.68. The van der Waals surface area contributed by atoms with Crippen LogP contribution in [0.4, 0.5) is 23.2 Å². The van der Waals surface area contributed by atoms with Crippen molar-refractivity contribution in [2.45, 2.75) is 25.3 Å². The first kappa shape index (κ1) is 27.9. The summed E-state index contributed by atoms with van der Waals surface area (Å²) < 4.78 is 61.2. The molecule has 0 bridgehead atoms. The molecular weight excluding hydrogens is 536 g/mol.